The summed E-state index contributed by atoms with van der Waals surface area (Å²) in [5.74, 6) is -0.256. The van der Waals surface area contributed by atoms with Crippen molar-refractivity contribution >= 4 is 5.97 Å². The fraction of sp³-hybridized carbons (Fsp3) is 0.190. The molecule has 0 bridgehead atoms. The van der Waals surface area contributed by atoms with Gasteiger partial charge >= 0.3 is 5.97 Å². The molecule has 5 nitrogen and oxygen atoms in total. The Balaban J connectivity index is 1.83. The van der Waals surface area contributed by atoms with Gasteiger partial charge in [0.15, 0.2) is 0 Å². The van der Waals surface area contributed by atoms with Crippen LogP contribution in [-0.4, -0.2) is 22.4 Å². The first-order valence-electron chi connectivity index (χ1n) is 8.53. The maximum Gasteiger partial charge on any atom is 0.310 e. The number of nitrogens with zero attached hydrogens (tertiary/aromatic N) is 2. The van der Waals surface area contributed by atoms with Crippen LogP contribution in [0.25, 0.3) is 5.69 Å². The van der Waals surface area contributed by atoms with Gasteiger partial charge in [0.25, 0.3) is 0 Å². The van der Waals surface area contributed by atoms with Gasteiger partial charge in [-0.05, 0) is 30.2 Å². The van der Waals surface area contributed by atoms with Crippen LogP contribution >= 0.6 is 0 Å². The van der Waals surface area contributed by atoms with Gasteiger partial charge in [0.1, 0.15) is 5.69 Å². The second kappa shape index (κ2) is 8.25. The van der Waals surface area contributed by atoms with E-state index in [1.807, 2.05) is 54.6 Å². The van der Waals surface area contributed by atoms with E-state index in [-0.39, 0.29) is 17.8 Å². The van der Waals surface area contributed by atoms with Crippen molar-refractivity contribution in [2.45, 2.75) is 19.8 Å². The highest BCUT2D eigenvalue weighted by molar-refractivity contribution is 5.72. The van der Waals surface area contributed by atoms with Crippen molar-refractivity contribution in [1.82, 2.24) is 9.78 Å². The van der Waals surface area contributed by atoms with E-state index in [2.05, 4.69) is 5.10 Å². The standard InChI is InChI=1S/C21H20N2O3/c1-2-26-21(25)15-17-8-6-7-16(13-17)14-19-20(24)11-12-23(22-19)18-9-4-3-5-10-18/h3-13H,2,14-15H2,1H3. The van der Waals surface area contributed by atoms with E-state index in [0.29, 0.717) is 18.7 Å². The first-order valence-corrected chi connectivity index (χ1v) is 8.53. The van der Waals surface area contributed by atoms with Crippen LogP contribution in [0.15, 0.2) is 71.7 Å². The van der Waals surface area contributed by atoms with Gasteiger partial charge in [-0.25, -0.2) is 4.68 Å². The molecule has 3 aromatic rings. The van der Waals surface area contributed by atoms with Crippen LogP contribution in [0.4, 0.5) is 0 Å². The largest absolute Gasteiger partial charge is 0.466 e. The van der Waals surface area contributed by atoms with E-state index in [1.165, 1.54) is 6.07 Å². The molecule has 2 aromatic carbocycles. The molecule has 0 spiro atoms. The molecule has 0 fully saturated rings. The summed E-state index contributed by atoms with van der Waals surface area (Å²) in [6, 6.07) is 18.8. The zero-order valence-corrected chi connectivity index (χ0v) is 14.6. The van der Waals surface area contributed by atoms with Crippen molar-refractivity contribution in [2.75, 3.05) is 6.61 Å². The highest BCUT2D eigenvalue weighted by Gasteiger charge is 2.08. The van der Waals surface area contributed by atoms with E-state index in [1.54, 1.807) is 17.8 Å². The van der Waals surface area contributed by atoms with Crippen LogP contribution in [-0.2, 0) is 22.4 Å². The van der Waals surface area contributed by atoms with E-state index < -0.39 is 0 Å². The topological polar surface area (TPSA) is 61.2 Å². The Morgan fingerprint density at radius 1 is 1.04 bits per heavy atom. The minimum absolute atomic E-state index is 0.104. The summed E-state index contributed by atoms with van der Waals surface area (Å²) in [5.41, 5.74) is 3.05. The Labute approximate surface area is 151 Å². The Kier molecular flexibility index (Phi) is 5.59. The number of rotatable bonds is 6. The highest BCUT2D eigenvalue weighted by Crippen LogP contribution is 2.11. The maximum absolute atomic E-state index is 12.2. The van der Waals surface area contributed by atoms with Crippen molar-refractivity contribution < 1.29 is 9.53 Å². The zero-order valence-electron chi connectivity index (χ0n) is 14.6. The summed E-state index contributed by atoms with van der Waals surface area (Å²) < 4.78 is 6.68. The van der Waals surface area contributed by atoms with E-state index in [0.717, 1.165) is 16.8 Å². The average Bonchev–Trinajstić information content (AvgIpc) is 2.65. The van der Waals surface area contributed by atoms with E-state index in [9.17, 15) is 9.59 Å². The molecule has 0 N–H and O–H groups in total. The van der Waals surface area contributed by atoms with Crippen LogP contribution in [0.1, 0.15) is 23.7 Å². The Morgan fingerprint density at radius 3 is 2.58 bits per heavy atom. The van der Waals surface area contributed by atoms with Gasteiger partial charge in [-0.15, -0.1) is 0 Å². The Morgan fingerprint density at radius 2 is 1.81 bits per heavy atom. The number of esters is 1. The normalized spacial score (nSPS) is 10.5. The first kappa shape index (κ1) is 17.6. The summed E-state index contributed by atoms with van der Waals surface area (Å²) in [6.07, 6.45) is 2.29. The molecule has 26 heavy (non-hydrogen) atoms. The summed E-state index contributed by atoms with van der Waals surface area (Å²) in [6.45, 7) is 2.15. The van der Waals surface area contributed by atoms with Gasteiger partial charge in [-0.1, -0.05) is 42.5 Å². The lowest BCUT2D eigenvalue weighted by atomic mass is 10.0. The zero-order chi connectivity index (χ0) is 18.4. The van der Waals surface area contributed by atoms with Crippen molar-refractivity contribution in [1.29, 1.82) is 0 Å². The second-order valence-electron chi connectivity index (χ2n) is 5.89. The summed E-state index contributed by atoms with van der Waals surface area (Å²) in [4.78, 5) is 23.9. The molecule has 3 rings (SSSR count). The van der Waals surface area contributed by atoms with Crippen molar-refractivity contribution in [2.24, 2.45) is 0 Å². The molecule has 0 aliphatic heterocycles. The van der Waals surface area contributed by atoms with Crippen molar-refractivity contribution in [3.05, 3.63) is 93.9 Å². The first-order chi connectivity index (χ1) is 12.7. The van der Waals surface area contributed by atoms with Crippen LogP contribution in [0.5, 0.6) is 0 Å². The molecular formula is C21H20N2O3. The molecule has 1 heterocycles. The number of hydrogen-bond donors (Lipinski definition) is 0. The number of ether oxygens (including phenoxy) is 1. The minimum Gasteiger partial charge on any atom is -0.466 e. The lowest BCUT2D eigenvalue weighted by Crippen LogP contribution is -2.16. The van der Waals surface area contributed by atoms with Gasteiger partial charge in [-0.3, -0.25) is 9.59 Å². The molecule has 0 aliphatic rings. The minimum atomic E-state index is -0.256. The molecular weight excluding hydrogens is 328 g/mol. The molecule has 1 aromatic heterocycles. The fourth-order valence-electron chi connectivity index (χ4n) is 2.72. The van der Waals surface area contributed by atoms with Gasteiger partial charge in [0.05, 0.1) is 18.7 Å². The van der Waals surface area contributed by atoms with Gasteiger partial charge in [-0.2, -0.15) is 5.10 Å². The van der Waals surface area contributed by atoms with Crippen LogP contribution in [0.2, 0.25) is 0 Å². The monoisotopic (exact) mass is 348 g/mol. The molecule has 0 atom stereocenters. The quantitative estimate of drug-likeness (QED) is 0.643. The molecule has 5 heteroatoms. The fourth-order valence-corrected chi connectivity index (χ4v) is 2.72. The predicted octanol–water partition coefficient (Wildman–Crippen LogP) is 2.93. The summed E-state index contributed by atoms with van der Waals surface area (Å²) in [7, 11) is 0. The molecule has 0 saturated heterocycles. The van der Waals surface area contributed by atoms with Gasteiger partial charge in [0.2, 0.25) is 5.43 Å². The van der Waals surface area contributed by atoms with Gasteiger partial charge < -0.3 is 4.74 Å². The average molecular weight is 348 g/mol. The summed E-state index contributed by atoms with van der Waals surface area (Å²) in [5, 5.41) is 4.47. The number of carbonyl (C=O) groups excluding carboxylic acids is 1. The number of para-hydroxylation sites is 1. The predicted molar refractivity (Wildman–Crippen MR) is 99.4 cm³/mol. The molecule has 0 aliphatic carbocycles. The van der Waals surface area contributed by atoms with Crippen LogP contribution in [0, 0.1) is 0 Å². The lowest BCUT2D eigenvalue weighted by Gasteiger charge is -2.08. The van der Waals surface area contributed by atoms with Crippen LogP contribution in [0.3, 0.4) is 0 Å². The third kappa shape index (κ3) is 4.45. The maximum atomic E-state index is 12.2. The lowest BCUT2D eigenvalue weighted by molar-refractivity contribution is -0.142. The SMILES string of the molecule is CCOC(=O)Cc1cccc(Cc2nn(-c3ccccc3)ccc2=O)c1. The molecule has 0 radical (unpaired) electrons. The van der Waals surface area contributed by atoms with Gasteiger partial charge in [0, 0.05) is 18.7 Å². The molecule has 132 valence electrons. The molecule has 0 amide bonds. The highest BCUT2D eigenvalue weighted by atomic mass is 16.5. The number of benzene rings is 2. The number of carbonyl (C=O) groups is 1. The van der Waals surface area contributed by atoms with Crippen LogP contribution < -0.4 is 5.43 Å². The van der Waals surface area contributed by atoms with Crippen molar-refractivity contribution in [3.8, 4) is 5.69 Å². The Hall–Kier alpha value is -3.21. The van der Waals surface area contributed by atoms with E-state index in [4.69, 9.17) is 4.74 Å². The number of aromatic nitrogens is 2. The molecule has 0 saturated carbocycles. The summed E-state index contributed by atoms with van der Waals surface area (Å²) >= 11 is 0. The second-order valence-corrected chi connectivity index (χ2v) is 5.89. The third-order valence-electron chi connectivity index (χ3n) is 3.92. The van der Waals surface area contributed by atoms with E-state index >= 15 is 0 Å². The third-order valence-corrected chi connectivity index (χ3v) is 3.92. The number of hydrogen-bond acceptors (Lipinski definition) is 4. The van der Waals surface area contributed by atoms with Crippen molar-refractivity contribution in [3.63, 3.8) is 0 Å². The molecule has 0 unspecified atom stereocenters. The Bertz CT molecular complexity index is 949. The smallest absolute Gasteiger partial charge is 0.310 e.